The smallest absolute Gasteiger partial charge is 0.244 e. The molecule has 1 rings (SSSR count). The second-order valence-corrected chi connectivity index (χ2v) is 8.85. The monoisotopic (exact) mass is 372 g/mol. The van der Waals surface area contributed by atoms with Crippen LogP contribution in [0.1, 0.15) is 12.5 Å². The number of nitrogens with zero attached hydrogens (tertiary/aromatic N) is 1. The van der Waals surface area contributed by atoms with Gasteiger partial charge < -0.3 is 5.32 Å². The van der Waals surface area contributed by atoms with Crippen LogP contribution in [0.15, 0.2) is 29.2 Å². The number of carbonyl (C=O) groups excluding carboxylic acids is 1. The molecule has 0 fully saturated rings. The molecule has 0 saturated heterocycles. The second-order valence-electron chi connectivity index (χ2n) is 4.48. The maximum absolute atomic E-state index is 12.5. The Balaban J connectivity index is 3.21. The van der Waals surface area contributed by atoms with Gasteiger partial charge in [0.2, 0.25) is 19.7 Å². The fraction of sp³-hybridized carbons (Fsp3) is 0.417. The Morgan fingerprint density at radius 2 is 1.71 bits per heavy atom. The number of sulfonamides is 1. The molecular formula is C12H15Cl3N2O3S. The lowest BCUT2D eigenvalue weighted by molar-refractivity contribution is -0.120. The van der Waals surface area contributed by atoms with E-state index in [1.165, 1.54) is 26.1 Å². The molecule has 0 aromatic heterocycles. The fourth-order valence-corrected chi connectivity index (χ4v) is 3.66. The lowest BCUT2D eigenvalue weighted by Gasteiger charge is -2.32. The molecule has 0 heterocycles. The van der Waals surface area contributed by atoms with Crippen LogP contribution in [-0.2, 0) is 14.8 Å². The van der Waals surface area contributed by atoms with E-state index in [1.54, 1.807) is 12.1 Å². The Morgan fingerprint density at radius 3 is 2.10 bits per heavy atom. The van der Waals surface area contributed by atoms with Gasteiger partial charge in [-0.15, -0.1) is 0 Å². The average molecular weight is 374 g/mol. The standard InChI is InChI=1S/C12H15Cl3N2O3S/c1-8-4-6-10(7-5-8)21(19,20)17(3)11(12(13,14)15)16-9(2)18/h4-7,11H,1-3H3,(H,16,18)/t11-/m0/s1. The number of benzene rings is 1. The first-order valence-electron chi connectivity index (χ1n) is 5.85. The summed E-state index contributed by atoms with van der Waals surface area (Å²) in [6.07, 6.45) is -1.33. The zero-order valence-electron chi connectivity index (χ0n) is 11.6. The minimum atomic E-state index is -3.92. The molecule has 1 aromatic rings. The van der Waals surface area contributed by atoms with Crippen LogP contribution in [-0.4, -0.2) is 35.6 Å². The van der Waals surface area contributed by atoms with Crippen LogP contribution in [0.25, 0.3) is 0 Å². The minimum Gasteiger partial charge on any atom is -0.336 e. The van der Waals surface area contributed by atoms with Crippen molar-refractivity contribution in [3.8, 4) is 0 Å². The summed E-state index contributed by atoms with van der Waals surface area (Å²) >= 11 is 17.3. The van der Waals surface area contributed by atoms with E-state index >= 15 is 0 Å². The van der Waals surface area contributed by atoms with E-state index in [0.29, 0.717) is 0 Å². The lowest BCUT2D eigenvalue weighted by Crippen LogP contribution is -2.55. The van der Waals surface area contributed by atoms with Gasteiger partial charge in [0, 0.05) is 14.0 Å². The van der Waals surface area contributed by atoms with Gasteiger partial charge in [0.25, 0.3) is 0 Å². The molecule has 1 N–H and O–H groups in total. The number of nitrogens with one attached hydrogen (secondary N) is 1. The molecule has 0 bridgehead atoms. The van der Waals surface area contributed by atoms with E-state index in [1.807, 2.05) is 6.92 Å². The first kappa shape index (κ1) is 18.5. The van der Waals surface area contributed by atoms with Crippen molar-refractivity contribution in [3.63, 3.8) is 0 Å². The number of hydrogen-bond donors (Lipinski definition) is 1. The molecule has 1 amide bonds. The van der Waals surface area contributed by atoms with Crippen LogP contribution in [0, 0.1) is 6.92 Å². The molecule has 9 heteroatoms. The van der Waals surface area contributed by atoms with Crippen molar-refractivity contribution < 1.29 is 13.2 Å². The Morgan fingerprint density at radius 1 is 1.24 bits per heavy atom. The van der Waals surface area contributed by atoms with Gasteiger partial charge in [-0.05, 0) is 19.1 Å². The molecule has 0 aliphatic rings. The summed E-state index contributed by atoms with van der Waals surface area (Å²) < 4.78 is 23.8. The normalized spacial score (nSPS) is 14.0. The maximum atomic E-state index is 12.5. The highest BCUT2D eigenvalue weighted by Gasteiger charge is 2.41. The van der Waals surface area contributed by atoms with E-state index < -0.39 is 25.9 Å². The van der Waals surface area contributed by atoms with Gasteiger partial charge in [0.1, 0.15) is 6.17 Å². The van der Waals surface area contributed by atoms with Gasteiger partial charge in [0.05, 0.1) is 4.90 Å². The van der Waals surface area contributed by atoms with Crippen molar-refractivity contribution >= 4 is 50.7 Å². The van der Waals surface area contributed by atoms with Crippen LogP contribution in [0.3, 0.4) is 0 Å². The van der Waals surface area contributed by atoms with E-state index in [0.717, 1.165) is 9.87 Å². The number of alkyl halides is 3. The Bertz CT molecular complexity index is 612. The van der Waals surface area contributed by atoms with Crippen molar-refractivity contribution in [2.24, 2.45) is 0 Å². The lowest BCUT2D eigenvalue weighted by atomic mass is 10.2. The molecule has 0 aliphatic heterocycles. The van der Waals surface area contributed by atoms with Gasteiger partial charge in [-0.1, -0.05) is 52.5 Å². The molecule has 0 spiro atoms. The Labute approximate surface area is 139 Å². The Hall–Kier alpha value is -0.530. The van der Waals surface area contributed by atoms with Gasteiger partial charge >= 0.3 is 0 Å². The minimum absolute atomic E-state index is 0.0419. The average Bonchev–Trinajstić information content (AvgIpc) is 2.34. The van der Waals surface area contributed by atoms with Crippen molar-refractivity contribution in [2.45, 2.75) is 28.7 Å². The summed E-state index contributed by atoms with van der Waals surface area (Å²) in [4.78, 5) is 11.2. The van der Waals surface area contributed by atoms with Crippen LogP contribution in [0.5, 0.6) is 0 Å². The highest BCUT2D eigenvalue weighted by molar-refractivity contribution is 7.89. The molecular weight excluding hydrogens is 359 g/mol. The summed E-state index contributed by atoms with van der Waals surface area (Å²) in [6, 6.07) is 6.21. The summed E-state index contributed by atoms with van der Waals surface area (Å²) in [7, 11) is -2.68. The maximum Gasteiger partial charge on any atom is 0.244 e. The van der Waals surface area contributed by atoms with Gasteiger partial charge in [-0.3, -0.25) is 4.79 Å². The predicted octanol–water partition coefficient (Wildman–Crippen LogP) is 2.45. The highest BCUT2D eigenvalue weighted by Crippen LogP contribution is 2.33. The van der Waals surface area contributed by atoms with Crippen LogP contribution < -0.4 is 5.32 Å². The van der Waals surface area contributed by atoms with E-state index in [4.69, 9.17) is 34.8 Å². The number of carbonyl (C=O) groups is 1. The molecule has 5 nitrogen and oxygen atoms in total. The largest absolute Gasteiger partial charge is 0.336 e. The molecule has 21 heavy (non-hydrogen) atoms. The topological polar surface area (TPSA) is 66.5 Å². The quantitative estimate of drug-likeness (QED) is 0.651. The van der Waals surface area contributed by atoms with Crippen molar-refractivity contribution in [1.29, 1.82) is 0 Å². The number of rotatable bonds is 4. The highest BCUT2D eigenvalue weighted by atomic mass is 35.6. The molecule has 0 saturated carbocycles. The van der Waals surface area contributed by atoms with Crippen molar-refractivity contribution in [1.82, 2.24) is 9.62 Å². The molecule has 1 atom stereocenters. The van der Waals surface area contributed by atoms with Gasteiger partial charge in [-0.25, -0.2) is 8.42 Å². The third-order valence-corrected chi connectivity index (χ3v) is 5.17. The van der Waals surface area contributed by atoms with Gasteiger partial charge in [0.15, 0.2) is 0 Å². The van der Waals surface area contributed by atoms with E-state index in [-0.39, 0.29) is 4.90 Å². The second kappa shape index (κ2) is 6.71. The van der Waals surface area contributed by atoms with Crippen molar-refractivity contribution in [2.75, 3.05) is 7.05 Å². The molecule has 118 valence electrons. The number of aryl methyl sites for hydroxylation is 1. The zero-order valence-corrected chi connectivity index (χ0v) is 14.7. The van der Waals surface area contributed by atoms with Crippen LogP contribution in [0.2, 0.25) is 0 Å². The molecule has 0 aliphatic carbocycles. The third-order valence-electron chi connectivity index (χ3n) is 2.71. The summed E-state index contributed by atoms with van der Waals surface area (Å²) in [6.45, 7) is 3.04. The Kier molecular flexibility index (Phi) is 5.91. The fourth-order valence-electron chi connectivity index (χ4n) is 1.59. The molecule has 0 unspecified atom stereocenters. The third kappa shape index (κ3) is 4.72. The van der Waals surface area contributed by atoms with Gasteiger partial charge in [-0.2, -0.15) is 4.31 Å². The molecule has 1 aromatic carbocycles. The zero-order chi connectivity index (χ0) is 16.4. The van der Waals surface area contributed by atoms with E-state index in [2.05, 4.69) is 5.32 Å². The SMILES string of the molecule is CC(=O)N[C@@H](N(C)S(=O)(=O)c1ccc(C)cc1)C(Cl)(Cl)Cl. The van der Waals surface area contributed by atoms with Crippen LogP contribution in [0.4, 0.5) is 0 Å². The molecule has 0 radical (unpaired) electrons. The van der Waals surface area contributed by atoms with Crippen LogP contribution >= 0.6 is 34.8 Å². The number of halogens is 3. The summed E-state index contributed by atoms with van der Waals surface area (Å²) in [5.74, 6) is -0.516. The first-order valence-corrected chi connectivity index (χ1v) is 8.42. The van der Waals surface area contributed by atoms with Crippen molar-refractivity contribution in [3.05, 3.63) is 29.8 Å². The first-order chi connectivity index (χ1) is 9.46. The number of amides is 1. The summed E-state index contributed by atoms with van der Waals surface area (Å²) in [5, 5.41) is 2.32. The van der Waals surface area contributed by atoms with E-state index in [9.17, 15) is 13.2 Å². The predicted molar refractivity (Wildman–Crippen MR) is 84.0 cm³/mol. The summed E-state index contributed by atoms with van der Waals surface area (Å²) in [5.41, 5.74) is 0.913. The number of hydrogen-bond acceptors (Lipinski definition) is 3.